The van der Waals surface area contributed by atoms with Crippen LogP contribution < -0.4 is 5.32 Å². The van der Waals surface area contributed by atoms with Crippen LogP contribution in [0.1, 0.15) is 32.4 Å². The molecule has 0 saturated heterocycles. The molecule has 0 fully saturated rings. The van der Waals surface area contributed by atoms with Crippen molar-refractivity contribution < 1.29 is 4.42 Å². The summed E-state index contributed by atoms with van der Waals surface area (Å²) in [6.07, 6.45) is 4.23. The van der Waals surface area contributed by atoms with E-state index in [2.05, 4.69) is 31.1 Å². The molecule has 1 rings (SSSR count). The van der Waals surface area contributed by atoms with Crippen LogP contribution in [0.15, 0.2) is 22.8 Å². The van der Waals surface area contributed by atoms with Gasteiger partial charge in [0.05, 0.1) is 12.8 Å². The van der Waals surface area contributed by atoms with Crippen LogP contribution in [0, 0.1) is 0 Å². The second-order valence-electron chi connectivity index (χ2n) is 4.46. The molecule has 16 heavy (non-hydrogen) atoms. The van der Waals surface area contributed by atoms with Crippen molar-refractivity contribution in [2.45, 2.75) is 39.3 Å². The van der Waals surface area contributed by atoms with Crippen LogP contribution in [-0.4, -0.2) is 31.1 Å². The topological polar surface area (TPSA) is 28.4 Å². The minimum absolute atomic E-state index is 0.627. The Morgan fingerprint density at radius 3 is 2.94 bits per heavy atom. The molecule has 3 heteroatoms. The molecule has 1 aromatic rings. The molecule has 92 valence electrons. The molecule has 1 heterocycles. The van der Waals surface area contributed by atoms with Crippen molar-refractivity contribution in [1.82, 2.24) is 10.2 Å². The van der Waals surface area contributed by atoms with Gasteiger partial charge in [0.1, 0.15) is 5.76 Å². The summed E-state index contributed by atoms with van der Waals surface area (Å²) in [5, 5.41) is 3.52. The summed E-state index contributed by atoms with van der Waals surface area (Å²) >= 11 is 0. The second kappa shape index (κ2) is 7.47. The Kier molecular flexibility index (Phi) is 6.19. The fourth-order valence-corrected chi connectivity index (χ4v) is 1.78. The third-order valence-corrected chi connectivity index (χ3v) is 2.71. The Morgan fingerprint density at radius 2 is 2.31 bits per heavy atom. The lowest BCUT2D eigenvalue weighted by Gasteiger charge is -2.18. The van der Waals surface area contributed by atoms with E-state index < -0.39 is 0 Å². The van der Waals surface area contributed by atoms with Gasteiger partial charge in [-0.1, -0.05) is 13.3 Å². The maximum absolute atomic E-state index is 5.31. The van der Waals surface area contributed by atoms with Gasteiger partial charge in [-0.2, -0.15) is 0 Å². The molecule has 1 atom stereocenters. The first-order chi connectivity index (χ1) is 7.72. The summed E-state index contributed by atoms with van der Waals surface area (Å²) in [6.45, 7) is 7.45. The zero-order valence-corrected chi connectivity index (χ0v) is 10.7. The van der Waals surface area contributed by atoms with E-state index in [1.165, 1.54) is 12.8 Å². The largest absolute Gasteiger partial charge is 0.468 e. The molecule has 0 amide bonds. The zero-order chi connectivity index (χ0) is 11.8. The summed E-state index contributed by atoms with van der Waals surface area (Å²) in [5.41, 5.74) is 0. The Labute approximate surface area is 98.8 Å². The van der Waals surface area contributed by atoms with Gasteiger partial charge in [0.25, 0.3) is 0 Å². The van der Waals surface area contributed by atoms with Crippen molar-refractivity contribution in [3.05, 3.63) is 24.2 Å². The maximum atomic E-state index is 5.31. The molecule has 1 unspecified atom stereocenters. The lowest BCUT2D eigenvalue weighted by Crippen LogP contribution is -2.33. The van der Waals surface area contributed by atoms with Crippen molar-refractivity contribution in [1.29, 1.82) is 0 Å². The van der Waals surface area contributed by atoms with E-state index in [0.717, 1.165) is 25.4 Å². The molecule has 0 aliphatic rings. The Bertz CT molecular complexity index is 259. The monoisotopic (exact) mass is 224 g/mol. The number of hydrogen-bond acceptors (Lipinski definition) is 3. The van der Waals surface area contributed by atoms with Crippen LogP contribution >= 0.6 is 0 Å². The molecule has 1 aromatic heterocycles. The molecule has 0 saturated carbocycles. The summed E-state index contributed by atoms with van der Waals surface area (Å²) in [4.78, 5) is 2.27. The highest BCUT2D eigenvalue weighted by Gasteiger charge is 2.03. The average molecular weight is 224 g/mol. The van der Waals surface area contributed by atoms with Crippen molar-refractivity contribution in [3.63, 3.8) is 0 Å². The predicted molar refractivity (Wildman–Crippen MR) is 67.4 cm³/mol. The predicted octanol–water partition coefficient (Wildman–Crippen LogP) is 2.49. The summed E-state index contributed by atoms with van der Waals surface area (Å²) < 4.78 is 5.31. The lowest BCUT2D eigenvalue weighted by molar-refractivity contribution is 0.289. The number of nitrogens with zero attached hydrogens (tertiary/aromatic N) is 1. The first-order valence-corrected chi connectivity index (χ1v) is 6.16. The fraction of sp³-hybridized carbons (Fsp3) is 0.692. The molecule has 0 aliphatic heterocycles. The van der Waals surface area contributed by atoms with Crippen LogP contribution in [0.3, 0.4) is 0 Å². The van der Waals surface area contributed by atoms with Crippen molar-refractivity contribution in [2.24, 2.45) is 0 Å². The summed E-state index contributed by atoms with van der Waals surface area (Å²) in [6, 6.07) is 4.58. The van der Waals surface area contributed by atoms with E-state index in [-0.39, 0.29) is 0 Å². The summed E-state index contributed by atoms with van der Waals surface area (Å²) in [7, 11) is 2.12. The number of furan rings is 1. The van der Waals surface area contributed by atoms with Gasteiger partial charge in [-0.15, -0.1) is 0 Å². The smallest absolute Gasteiger partial charge is 0.117 e. The molecular weight excluding hydrogens is 200 g/mol. The zero-order valence-electron chi connectivity index (χ0n) is 10.7. The number of nitrogens with one attached hydrogen (secondary N) is 1. The van der Waals surface area contributed by atoms with Gasteiger partial charge in [-0.05, 0) is 32.5 Å². The minimum atomic E-state index is 0.627. The molecule has 0 radical (unpaired) electrons. The summed E-state index contributed by atoms with van der Waals surface area (Å²) in [5.74, 6) is 1.03. The first-order valence-electron chi connectivity index (χ1n) is 6.16. The maximum Gasteiger partial charge on any atom is 0.117 e. The minimum Gasteiger partial charge on any atom is -0.468 e. The highest BCUT2D eigenvalue weighted by Crippen LogP contribution is 2.03. The molecule has 0 bridgehead atoms. The fourth-order valence-electron chi connectivity index (χ4n) is 1.78. The van der Waals surface area contributed by atoms with Gasteiger partial charge in [-0.25, -0.2) is 0 Å². The molecule has 0 aliphatic carbocycles. The molecular formula is C13H24N2O. The highest BCUT2D eigenvalue weighted by molar-refractivity contribution is 4.97. The Morgan fingerprint density at radius 1 is 1.50 bits per heavy atom. The van der Waals surface area contributed by atoms with E-state index in [1.54, 1.807) is 6.26 Å². The highest BCUT2D eigenvalue weighted by atomic mass is 16.3. The SMILES string of the molecule is CCCC(C)NCCN(C)Cc1ccco1. The third-order valence-electron chi connectivity index (χ3n) is 2.71. The first kappa shape index (κ1) is 13.3. The van der Waals surface area contributed by atoms with Crippen molar-refractivity contribution in [2.75, 3.05) is 20.1 Å². The second-order valence-corrected chi connectivity index (χ2v) is 4.46. The normalized spacial score (nSPS) is 13.2. The van der Waals surface area contributed by atoms with E-state index in [1.807, 2.05) is 12.1 Å². The van der Waals surface area contributed by atoms with Crippen LogP contribution in [0.2, 0.25) is 0 Å². The number of likely N-dealkylation sites (N-methyl/N-ethyl adjacent to an activating group) is 1. The van der Waals surface area contributed by atoms with E-state index in [9.17, 15) is 0 Å². The van der Waals surface area contributed by atoms with Gasteiger partial charge in [0.2, 0.25) is 0 Å². The lowest BCUT2D eigenvalue weighted by atomic mass is 10.2. The average Bonchev–Trinajstić information content (AvgIpc) is 2.70. The molecule has 1 N–H and O–H groups in total. The van der Waals surface area contributed by atoms with Crippen LogP contribution in [-0.2, 0) is 6.54 Å². The quantitative estimate of drug-likeness (QED) is 0.735. The third kappa shape index (κ3) is 5.33. The van der Waals surface area contributed by atoms with Crippen LogP contribution in [0.4, 0.5) is 0 Å². The van der Waals surface area contributed by atoms with Crippen molar-refractivity contribution in [3.8, 4) is 0 Å². The Hall–Kier alpha value is -0.800. The number of hydrogen-bond donors (Lipinski definition) is 1. The van der Waals surface area contributed by atoms with Gasteiger partial charge in [-0.3, -0.25) is 4.90 Å². The van der Waals surface area contributed by atoms with Gasteiger partial charge in [0.15, 0.2) is 0 Å². The van der Waals surface area contributed by atoms with Crippen molar-refractivity contribution >= 4 is 0 Å². The van der Waals surface area contributed by atoms with Gasteiger partial charge < -0.3 is 9.73 Å². The molecule has 0 spiro atoms. The van der Waals surface area contributed by atoms with E-state index in [0.29, 0.717) is 6.04 Å². The number of rotatable bonds is 8. The van der Waals surface area contributed by atoms with E-state index in [4.69, 9.17) is 4.42 Å². The van der Waals surface area contributed by atoms with E-state index >= 15 is 0 Å². The van der Waals surface area contributed by atoms with Crippen LogP contribution in [0.25, 0.3) is 0 Å². The van der Waals surface area contributed by atoms with Crippen LogP contribution in [0.5, 0.6) is 0 Å². The standard InChI is InChI=1S/C13H24N2O/c1-4-6-12(2)14-8-9-15(3)11-13-7-5-10-16-13/h5,7,10,12,14H,4,6,8-9,11H2,1-3H3. The Balaban J connectivity index is 2.08. The molecule has 0 aromatic carbocycles. The van der Waals surface area contributed by atoms with Gasteiger partial charge >= 0.3 is 0 Å². The molecule has 3 nitrogen and oxygen atoms in total. The van der Waals surface area contributed by atoms with Gasteiger partial charge in [0, 0.05) is 19.1 Å².